The van der Waals surface area contributed by atoms with E-state index >= 15 is 0 Å². The minimum Gasteiger partial charge on any atom is -0.361 e. The number of imidazole rings is 1. The van der Waals surface area contributed by atoms with Gasteiger partial charge in [-0.3, -0.25) is 15.0 Å². The smallest absolute Gasteiger partial charge is 0.265 e. The molecule has 0 saturated carbocycles. The number of amides is 2. The zero-order valence-electron chi connectivity index (χ0n) is 14.3. The normalized spacial score (nSPS) is 11.9. The highest BCUT2D eigenvalue weighted by Gasteiger charge is 2.23. The Labute approximate surface area is 149 Å². The van der Waals surface area contributed by atoms with Crippen LogP contribution in [0.5, 0.6) is 0 Å². The summed E-state index contributed by atoms with van der Waals surface area (Å²) in [5.41, 5.74) is 2.44. The predicted octanol–water partition coefficient (Wildman–Crippen LogP) is 0.927. The molecule has 0 aliphatic rings. The maximum absolute atomic E-state index is 12.4. The molecule has 1 aromatic carbocycles. The van der Waals surface area contributed by atoms with Gasteiger partial charge in [0.25, 0.3) is 5.91 Å². The Morgan fingerprint density at radius 2 is 2.08 bits per heavy atom. The summed E-state index contributed by atoms with van der Waals surface area (Å²) in [6.07, 6.45) is 5.36. The second kappa shape index (κ2) is 7.64. The summed E-state index contributed by atoms with van der Waals surface area (Å²) < 4.78 is 0. The molecule has 0 fully saturated rings. The van der Waals surface area contributed by atoms with Crippen LogP contribution in [0, 0.1) is 5.41 Å². The molecule has 0 radical (unpaired) electrons. The maximum atomic E-state index is 12.4. The van der Waals surface area contributed by atoms with E-state index in [1.54, 1.807) is 12.4 Å². The quantitative estimate of drug-likeness (QED) is 0.406. The van der Waals surface area contributed by atoms with Crippen molar-refractivity contribution in [3.8, 4) is 0 Å². The van der Waals surface area contributed by atoms with Crippen molar-refractivity contribution < 1.29 is 9.59 Å². The Kier molecular flexibility index (Phi) is 5.12. The second-order valence-corrected chi connectivity index (χ2v) is 5.94. The van der Waals surface area contributed by atoms with Crippen LogP contribution in [0.4, 0.5) is 0 Å². The molecule has 1 atom stereocenters. The summed E-state index contributed by atoms with van der Waals surface area (Å²) in [7, 11) is 1.51. The molecule has 0 aliphatic heterocycles. The van der Waals surface area contributed by atoms with Gasteiger partial charge in [0.2, 0.25) is 5.91 Å². The number of nitrogens with zero attached hydrogens (tertiary/aromatic N) is 1. The molecule has 3 rings (SSSR count). The van der Waals surface area contributed by atoms with Crippen molar-refractivity contribution in [1.82, 2.24) is 25.6 Å². The highest BCUT2D eigenvalue weighted by molar-refractivity contribution is 6.38. The number of hydrogen-bond donors (Lipinski definition) is 5. The van der Waals surface area contributed by atoms with Crippen LogP contribution in [0.2, 0.25) is 0 Å². The van der Waals surface area contributed by atoms with E-state index in [0.717, 1.165) is 22.2 Å². The van der Waals surface area contributed by atoms with E-state index in [2.05, 4.69) is 25.6 Å². The van der Waals surface area contributed by atoms with Crippen molar-refractivity contribution >= 4 is 28.4 Å². The minimum absolute atomic E-state index is 0.103. The third-order valence-corrected chi connectivity index (χ3v) is 4.16. The van der Waals surface area contributed by atoms with Gasteiger partial charge >= 0.3 is 0 Å². The van der Waals surface area contributed by atoms with E-state index < -0.39 is 11.9 Å². The number of benzene rings is 1. The average Bonchev–Trinajstić information content (AvgIpc) is 3.30. The first-order valence-electron chi connectivity index (χ1n) is 8.20. The maximum Gasteiger partial charge on any atom is 0.265 e. The van der Waals surface area contributed by atoms with E-state index in [1.165, 1.54) is 13.4 Å². The first-order valence-corrected chi connectivity index (χ1v) is 8.20. The third-order valence-electron chi connectivity index (χ3n) is 4.16. The van der Waals surface area contributed by atoms with Crippen LogP contribution < -0.4 is 10.6 Å². The number of likely N-dealkylation sites (N-methyl/N-ethyl adjacent to an activating group) is 1. The number of H-pyrrole nitrogens is 2. The Hall–Kier alpha value is -3.42. The number of nitrogens with one attached hydrogen (secondary N) is 5. The van der Waals surface area contributed by atoms with Crippen LogP contribution in [0.1, 0.15) is 11.3 Å². The average molecular weight is 352 g/mol. The molecule has 0 bridgehead atoms. The summed E-state index contributed by atoms with van der Waals surface area (Å²) in [6, 6.07) is 6.93. The zero-order valence-corrected chi connectivity index (χ0v) is 14.3. The Bertz CT molecular complexity index is 928. The van der Waals surface area contributed by atoms with Gasteiger partial charge in [0.1, 0.15) is 11.8 Å². The van der Waals surface area contributed by atoms with Crippen molar-refractivity contribution in [2.75, 3.05) is 7.05 Å². The van der Waals surface area contributed by atoms with Crippen LogP contribution in [0.25, 0.3) is 10.9 Å². The summed E-state index contributed by atoms with van der Waals surface area (Å²) in [5.74, 6) is -0.892. The van der Waals surface area contributed by atoms with Gasteiger partial charge in [0.15, 0.2) is 0 Å². The number of carbonyl (C=O) groups excluding carboxylic acids is 2. The van der Waals surface area contributed by atoms with Gasteiger partial charge in [-0.25, -0.2) is 4.98 Å². The highest BCUT2D eigenvalue weighted by atomic mass is 16.2. The van der Waals surface area contributed by atoms with Crippen LogP contribution >= 0.6 is 0 Å². The molecule has 2 amide bonds. The van der Waals surface area contributed by atoms with Gasteiger partial charge < -0.3 is 20.6 Å². The number of para-hydroxylation sites is 1. The molecule has 0 unspecified atom stereocenters. The molecular weight excluding hydrogens is 332 g/mol. The number of rotatable bonds is 7. The van der Waals surface area contributed by atoms with Crippen molar-refractivity contribution in [1.29, 1.82) is 5.41 Å². The van der Waals surface area contributed by atoms with Crippen LogP contribution in [-0.2, 0) is 22.4 Å². The van der Waals surface area contributed by atoms with Crippen molar-refractivity contribution in [3.05, 3.63) is 54.2 Å². The van der Waals surface area contributed by atoms with Crippen molar-refractivity contribution in [2.24, 2.45) is 0 Å². The monoisotopic (exact) mass is 352 g/mol. The van der Waals surface area contributed by atoms with Crippen molar-refractivity contribution in [3.63, 3.8) is 0 Å². The fraction of sp³-hybridized carbons (Fsp3) is 0.222. The highest BCUT2D eigenvalue weighted by Crippen LogP contribution is 2.18. The second-order valence-electron chi connectivity index (χ2n) is 5.94. The summed E-state index contributed by atoms with van der Waals surface area (Å²) in [5, 5.41) is 14.2. The molecule has 134 valence electrons. The molecule has 0 spiro atoms. The summed E-state index contributed by atoms with van der Waals surface area (Å²) >= 11 is 0. The fourth-order valence-corrected chi connectivity index (χ4v) is 2.79. The van der Waals surface area contributed by atoms with Gasteiger partial charge in [0, 0.05) is 48.9 Å². The number of aromatic nitrogens is 3. The topological polar surface area (TPSA) is 127 Å². The molecule has 0 aliphatic carbocycles. The Morgan fingerprint density at radius 3 is 2.81 bits per heavy atom. The molecular formula is C18H20N6O2. The summed E-state index contributed by atoms with van der Waals surface area (Å²) in [6.45, 7) is 0. The number of aromatic amines is 2. The first kappa shape index (κ1) is 17.4. The lowest BCUT2D eigenvalue weighted by Crippen LogP contribution is -2.49. The largest absolute Gasteiger partial charge is 0.361 e. The Balaban J connectivity index is 1.68. The molecule has 3 aromatic rings. The third kappa shape index (κ3) is 3.80. The van der Waals surface area contributed by atoms with E-state index in [0.29, 0.717) is 0 Å². The zero-order chi connectivity index (χ0) is 18.5. The molecule has 5 N–H and O–H groups in total. The molecule has 2 heterocycles. The lowest BCUT2D eigenvalue weighted by atomic mass is 10.1. The lowest BCUT2D eigenvalue weighted by Gasteiger charge is -2.16. The minimum atomic E-state index is -0.781. The number of carbonyl (C=O) groups is 2. The van der Waals surface area contributed by atoms with Gasteiger partial charge in [-0.15, -0.1) is 0 Å². The van der Waals surface area contributed by atoms with Gasteiger partial charge in [-0.2, -0.15) is 0 Å². The van der Waals surface area contributed by atoms with Gasteiger partial charge in [-0.05, 0) is 11.6 Å². The van der Waals surface area contributed by atoms with Gasteiger partial charge in [0.05, 0.1) is 6.33 Å². The summed E-state index contributed by atoms with van der Waals surface area (Å²) in [4.78, 5) is 34.4. The van der Waals surface area contributed by atoms with E-state index in [9.17, 15) is 9.59 Å². The first-order chi connectivity index (χ1) is 12.6. The number of fused-ring (bicyclic) bond motifs is 1. The molecule has 0 saturated heterocycles. The SMILES string of the molecule is CNC(=O)[C@H](Cc1cnc[nH]1)NC(=O)C(=N)Cc1c[nH]c2ccccc12. The van der Waals surface area contributed by atoms with E-state index in [4.69, 9.17) is 5.41 Å². The van der Waals surface area contributed by atoms with Crippen LogP contribution in [-0.4, -0.2) is 45.6 Å². The van der Waals surface area contributed by atoms with Gasteiger partial charge in [-0.1, -0.05) is 18.2 Å². The van der Waals surface area contributed by atoms with Crippen LogP contribution in [0.3, 0.4) is 0 Å². The van der Waals surface area contributed by atoms with Crippen LogP contribution in [0.15, 0.2) is 43.0 Å². The molecule has 26 heavy (non-hydrogen) atoms. The van der Waals surface area contributed by atoms with Crippen molar-refractivity contribution in [2.45, 2.75) is 18.9 Å². The number of hydrogen-bond acceptors (Lipinski definition) is 4. The fourth-order valence-electron chi connectivity index (χ4n) is 2.79. The lowest BCUT2D eigenvalue weighted by molar-refractivity contribution is -0.126. The standard InChI is InChI=1S/C18H20N6O2/c1-20-18(26)16(7-12-9-21-10-23-12)24-17(25)14(19)6-11-8-22-15-5-3-2-4-13(11)15/h2-5,8-10,16,19,22H,6-7H2,1H3,(H,20,26)(H,21,23)(H,24,25)/t16-/m0/s1. The predicted molar refractivity (Wildman–Crippen MR) is 98.0 cm³/mol. The Morgan fingerprint density at radius 1 is 1.27 bits per heavy atom. The van der Waals surface area contributed by atoms with E-state index in [-0.39, 0.29) is 24.5 Å². The molecule has 8 heteroatoms. The molecule has 2 aromatic heterocycles. The molecule has 8 nitrogen and oxygen atoms in total. The van der Waals surface area contributed by atoms with E-state index in [1.807, 2.05) is 24.3 Å².